The molecule has 3 heteroatoms. The molecule has 0 aliphatic carbocycles. The topological polar surface area (TPSA) is 38.9 Å². The largest absolute Gasteiger partial charge is 0.330 e. The summed E-state index contributed by atoms with van der Waals surface area (Å²) in [6.07, 6.45) is 0.887. The molecule has 0 aliphatic heterocycles. The summed E-state index contributed by atoms with van der Waals surface area (Å²) in [4.78, 5) is 4.58. The van der Waals surface area contributed by atoms with E-state index in [1.165, 1.54) is 15.8 Å². The van der Waals surface area contributed by atoms with Gasteiger partial charge in [0.1, 0.15) is 0 Å². The van der Waals surface area contributed by atoms with Crippen LogP contribution in [0, 0.1) is 13.8 Å². The van der Waals surface area contributed by atoms with Crippen molar-refractivity contribution in [2.75, 3.05) is 6.54 Å². The Labute approximate surface area is 87.8 Å². The van der Waals surface area contributed by atoms with Crippen LogP contribution in [0.4, 0.5) is 0 Å². The molecule has 2 rings (SSSR count). The van der Waals surface area contributed by atoms with Crippen molar-refractivity contribution in [2.45, 2.75) is 20.3 Å². The van der Waals surface area contributed by atoms with Crippen LogP contribution in [0.25, 0.3) is 10.2 Å². The van der Waals surface area contributed by atoms with Crippen LogP contribution < -0.4 is 5.73 Å². The number of hydrogen-bond donors (Lipinski definition) is 1. The molecule has 1 aromatic heterocycles. The monoisotopic (exact) mass is 206 g/mol. The Kier molecular flexibility index (Phi) is 2.52. The molecular weight excluding hydrogens is 192 g/mol. The molecule has 0 unspecified atom stereocenters. The Morgan fingerprint density at radius 3 is 2.86 bits per heavy atom. The lowest BCUT2D eigenvalue weighted by molar-refractivity contribution is 0.957. The number of aryl methyl sites for hydroxylation is 2. The Balaban J connectivity index is 2.58. The number of thiazole rings is 1. The zero-order valence-electron chi connectivity index (χ0n) is 8.50. The summed E-state index contributed by atoms with van der Waals surface area (Å²) in [6.45, 7) is 4.91. The van der Waals surface area contributed by atoms with Crippen molar-refractivity contribution in [2.24, 2.45) is 5.73 Å². The van der Waals surface area contributed by atoms with Crippen LogP contribution in [0.5, 0.6) is 0 Å². The third-order valence-electron chi connectivity index (χ3n) is 2.23. The van der Waals surface area contributed by atoms with E-state index in [1.54, 1.807) is 11.3 Å². The summed E-state index contributed by atoms with van der Waals surface area (Å²) >= 11 is 1.76. The average Bonchev–Trinajstić information content (AvgIpc) is 2.48. The van der Waals surface area contributed by atoms with E-state index in [2.05, 4.69) is 31.0 Å². The first-order chi connectivity index (χ1) is 6.70. The van der Waals surface area contributed by atoms with E-state index in [0.717, 1.165) is 16.9 Å². The molecule has 0 bridgehead atoms. The third-order valence-corrected chi connectivity index (χ3v) is 3.29. The lowest BCUT2D eigenvalue weighted by atomic mass is 10.1. The minimum Gasteiger partial charge on any atom is -0.330 e. The molecule has 0 spiro atoms. The van der Waals surface area contributed by atoms with Crippen molar-refractivity contribution in [3.8, 4) is 0 Å². The van der Waals surface area contributed by atoms with Crippen LogP contribution in [0.15, 0.2) is 12.1 Å². The van der Waals surface area contributed by atoms with Crippen LogP contribution in [-0.4, -0.2) is 11.5 Å². The van der Waals surface area contributed by atoms with E-state index >= 15 is 0 Å². The van der Waals surface area contributed by atoms with Gasteiger partial charge in [-0.2, -0.15) is 0 Å². The van der Waals surface area contributed by atoms with Gasteiger partial charge in [0.2, 0.25) is 0 Å². The second kappa shape index (κ2) is 3.67. The second-order valence-electron chi connectivity index (χ2n) is 3.57. The van der Waals surface area contributed by atoms with Gasteiger partial charge >= 0.3 is 0 Å². The summed E-state index contributed by atoms with van der Waals surface area (Å²) in [7, 11) is 0. The maximum atomic E-state index is 5.52. The van der Waals surface area contributed by atoms with Gasteiger partial charge in [-0.1, -0.05) is 6.07 Å². The van der Waals surface area contributed by atoms with Gasteiger partial charge in [-0.05, 0) is 37.6 Å². The fourth-order valence-electron chi connectivity index (χ4n) is 1.65. The summed E-state index contributed by atoms with van der Waals surface area (Å²) < 4.78 is 1.28. The molecule has 0 radical (unpaired) electrons. The molecule has 0 saturated heterocycles. The lowest BCUT2D eigenvalue weighted by Crippen LogP contribution is -2.01. The molecule has 74 valence electrons. The van der Waals surface area contributed by atoms with Crippen molar-refractivity contribution in [1.82, 2.24) is 4.98 Å². The molecule has 0 saturated carbocycles. The maximum absolute atomic E-state index is 5.52. The van der Waals surface area contributed by atoms with Gasteiger partial charge in [-0.15, -0.1) is 11.3 Å². The number of benzene rings is 1. The van der Waals surface area contributed by atoms with Crippen LogP contribution in [0.3, 0.4) is 0 Å². The fraction of sp³-hybridized carbons (Fsp3) is 0.364. The van der Waals surface area contributed by atoms with Crippen molar-refractivity contribution in [3.63, 3.8) is 0 Å². The molecule has 0 atom stereocenters. The Morgan fingerprint density at radius 2 is 2.14 bits per heavy atom. The molecule has 0 amide bonds. The number of fused-ring (bicyclic) bond motifs is 1. The van der Waals surface area contributed by atoms with Crippen LogP contribution in [0.1, 0.15) is 16.1 Å². The molecule has 1 heterocycles. The molecule has 0 aliphatic rings. The standard InChI is InChI=1S/C11H14N2S/c1-7-5-8(2)11-9(6-7)14-10(13-11)3-4-12/h5-6H,3-4,12H2,1-2H3. The average molecular weight is 206 g/mol. The van der Waals surface area contributed by atoms with Gasteiger partial charge in [0.25, 0.3) is 0 Å². The quantitative estimate of drug-likeness (QED) is 0.819. The summed E-state index contributed by atoms with van der Waals surface area (Å²) in [6, 6.07) is 4.37. The van der Waals surface area contributed by atoms with E-state index in [1.807, 2.05) is 0 Å². The van der Waals surface area contributed by atoms with Gasteiger partial charge < -0.3 is 5.73 Å². The van der Waals surface area contributed by atoms with Crippen molar-refractivity contribution >= 4 is 21.6 Å². The molecule has 2 aromatic rings. The van der Waals surface area contributed by atoms with E-state index in [9.17, 15) is 0 Å². The first-order valence-corrected chi connectivity index (χ1v) is 5.59. The Morgan fingerprint density at radius 1 is 1.36 bits per heavy atom. The third kappa shape index (κ3) is 1.65. The molecule has 14 heavy (non-hydrogen) atoms. The highest BCUT2D eigenvalue weighted by Crippen LogP contribution is 2.26. The van der Waals surface area contributed by atoms with E-state index in [4.69, 9.17) is 5.73 Å². The van der Waals surface area contributed by atoms with Crippen LogP contribution in [-0.2, 0) is 6.42 Å². The predicted octanol–water partition coefficient (Wildman–Crippen LogP) is 2.41. The first-order valence-electron chi connectivity index (χ1n) is 4.77. The minimum atomic E-state index is 0.678. The second-order valence-corrected chi connectivity index (χ2v) is 4.69. The van der Waals surface area contributed by atoms with Gasteiger partial charge in [0.15, 0.2) is 0 Å². The van der Waals surface area contributed by atoms with Gasteiger partial charge in [-0.3, -0.25) is 0 Å². The zero-order chi connectivity index (χ0) is 10.1. The molecule has 1 aromatic carbocycles. The maximum Gasteiger partial charge on any atom is 0.0951 e. The summed E-state index contributed by atoms with van der Waals surface area (Å²) in [5.74, 6) is 0. The molecule has 2 nitrogen and oxygen atoms in total. The number of nitrogens with two attached hydrogens (primary N) is 1. The zero-order valence-corrected chi connectivity index (χ0v) is 9.32. The lowest BCUT2D eigenvalue weighted by Gasteiger charge is -1.95. The first kappa shape index (κ1) is 9.62. The number of nitrogens with zero attached hydrogens (tertiary/aromatic N) is 1. The Hall–Kier alpha value is -0.930. The highest BCUT2D eigenvalue weighted by atomic mass is 32.1. The highest BCUT2D eigenvalue weighted by Gasteiger charge is 2.05. The van der Waals surface area contributed by atoms with Crippen molar-refractivity contribution in [1.29, 1.82) is 0 Å². The summed E-state index contributed by atoms with van der Waals surface area (Å²) in [5, 5.41) is 1.15. The fourth-order valence-corrected chi connectivity index (χ4v) is 2.81. The molecule has 2 N–H and O–H groups in total. The molecular formula is C11H14N2S. The van der Waals surface area contributed by atoms with Crippen LogP contribution in [0.2, 0.25) is 0 Å². The Bertz CT molecular complexity index is 460. The van der Waals surface area contributed by atoms with Gasteiger partial charge in [0.05, 0.1) is 15.2 Å². The normalized spacial score (nSPS) is 11.1. The van der Waals surface area contributed by atoms with Gasteiger partial charge in [-0.25, -0.2) is 4.98 Å². The van der Waals surface area contributed by atoms with E-state index < -0.39 is 0 Å². The number of hydrogen-bond acceptors (Lipinski definition) is 3. The summed E-state index contributed by atoms with van der Waals surface area (Å²) in [5.41, 5.74) is 9.23. The highest BCUT2D eigenvalue weighted by molar-refractivity contribution is 7.18. The van der Waals surface area contributed by atoms with Crippen molar-refractivity contribution in [3.05, 3.63) is 28.3 Å². The SMILES string of the molecule is Cc1cc(C)c2nc(CCN)sc2c1. The van der Waals surface area contributed by atoms with Gasteiger partial charge in [0, 0.05) is 6.42 Å². The van der Waals surface area contributed by atoms with Crippen molar-refractivity contribution < 1.29 is 0 Å². The minimum absolute atomic E-state index is 0.678. The molecule has 0 fully saturated rings. The van der Waals surface area contributed by atoms with E-state index in [0.29, 0.717) is 6.54 Å². The number of rotatable bonds is 2. The predicted molar refractivity (Wildman–Crippen MR) is 61.9 cm³/mol. The van der Waals surface area contributed by atoms with Crippen LogP contribution >= 0.6 is 11.3 Å². The van der Waals surface area contributed by atoms with E-state index in [-0.39, 0.29) is 0 Å². The smallest absolute Gasteiger partial charge is 0.0951 e. The number of aromatic nitrogens is 1.